The highest BCUT2D eigenvalue weighted by molar-refractivity contribution is 9.10. The van der Waals surface area contributed by atoms with Gasteiger partial charge in [0.1, 0.15) is 0 Å². The molecule has 1 N–H and O–H groups in total. The number of aromatic amines is 1. The summed E-state index contributed by atoms with van der Waals surface area (Å²) in [6.07, 6.45) is 2.98. The van der Waals surface area contributed by atoms with Gasteiger partial charge in [-0.15, -0.1) is 4.68 Å². The molecule has 0 aliphatic carbocycles. The average Bonchev–Trinajstić information content (AvgIpc) is 3.46. The Balaban J connectivity index is 1.49. The van der Waals surface area contributed by atoms with E-state index in [1.165, 1.54) is 23.1 Å². The molecule has 4 heterocycles. The molecule has 0 aliphatic rings. The number of nitro groups is 1. The number of aromatic nitrogens is 7. The van der Waals surface area contributed by atoms with Crippen LogP contribution >= 0.6 is 15.9 Å². The Hall–Kier alpha value is -3.93. The van der Waals surface area contributed by atoms with Gasteiger partial charge in [0.05, 0.1) is 28.4 Å². The van der Waals surface area contributed by atoms with E-state index in [9.17, 15) is 10.1 Å². The third kappa shape index (κ3) is 3.14. The van der Waals surface area contributed by atoms with Crippen LogP contribution in [0.1, 0.15) is 0 Å². The summed E-state index contributed by atoms with van der Waals surface area (Å²) < 4.78 is 7.59. The van der Waals surface area contributed by atoms with Crippen molar-refractivity contribution in [3.63, 3.8) is 0 Å². The number of benzene rings is 1. The zero-order valence-corrected chi connectivity index (χ0v) is 15.9. The molecule has 0 fully saturated rings. The van der Waals surface area contributed by atoms with Crippen LogP contribution in [0, 0.1) is 10.1 Å². The number of pyridine rings is 1. The molecular formula is C17H9BrN8O3. The van der Waals surface area contributed by atoms with E-state index in [0.29, 0.717) is 23.0 Å². The lowest BCUT2D eigenvalue weighted by Gasteiger charge is -1.98. The highest BCUT2D eigenvalue weighted by Gasteiger charge is 2.17. The van der Waals surface area contributed by atoms with Crippen molar-refractivity contribution >= 4 is 32.8 Å². The van der Waals surface area contributed by atoms with Gasteiger partial charge in [-0.05, 0) is 35.3 Å². The van der Waals surface area contributed by atoms with Crippen molar-refractivity contribution in [2.45, 2.75) is 0 Å². The van der Waals surface area contributed by atoms with Crippen molar-refractivity contribution in [1.82, 2.24) is 34.9 Å². The number of hydrogen-bond acceptors (Lipinski definition) is 8. The summed E-state index contributed by atoms with van der Waals surface area (Å²) in [6.45, 7) is 0. The minimum Gasteiger partial charge on any atom is -0.358 e. The van der Waals surface area contributed by atoms with Crippen molar-refractivity contribution in [3.8, 4) is 28.9 Å². The number of fused-ring (bicyclic) bond motifs is 1. The molecule has 0 spiro atoms. The molecule has 0 amide bonds. The number of rotatable bonds is 4. The third-order valence-electron chi connectivity index (χ3n) is 4.07. The van der Waals surface area contributed by atoms with Crippen molar-refractivity contribution in [2.24, 2.45) is 0 Å². The van der Waals surface area contributed by atoms with Gasteiger partial charge in [0.25, 0.3) is 5.89 Å². The molecule has 0 radical (unpaired) electrons. The van der Waals surface area contributed by atoms with Crippen LogP contribution in [0.4, 0.5) is 5.82 Å². The summed E-state index contributed by atoms with van der Waals surface area (Å²) in [5.74, 6) is 1.15. The van der Waals surface area contributed by atoms with Gasteiger partial charge in [-0.25, -0.2) is 9.97 Å². The largest absolute Gasteiger partial charge is 0.390 e. The van der Waals surface area contributed by atoms with E-state index in [4.69, 9.17) is 4.52 Å². The quantitative estimate of drug-likeness (QED) is 0.322. The molecular weight excluding hydrogens is 444 g/mol. The van der Waals surface area contributed by atoms with E-state index in [1.54, 1.807) is 12.1 Å². The molecule has 0 atom stereocenters. The van der Waals surface area contributed by atoms with Gasteiger partial charge < -0.3 is 19.6 Å². The molecule has 29 heavy (non-hydrogen) atoms. The molecule has 1 aromatic carbocycles. The summed E-state index contributed by atoms with van der Waals surface area (Å²) in [5, 5.41) is 18.7. The van der Waals surface area contributed by atoms with Crippen LogP contribution < -0.4 is 0 Å². The van der Waals surface area contributed by atoms with E-state index in [2.05, 4.69) is 46.1 Å². The summed E-state index contributed by atoms with van der Waals surface area (Å²) in [5.41, 5.74) is 2.21. The lowest BCUT2D eigenvalue weighted by molar-refractivity contribution is -0.389. The van der Waals surface area contributed by atoms with Crippen LogP contribution in [-0.2, 0) is 0 Å². The molecule has 5 rings (SSSR count). The molecule has 5 aromatic rings. The number of hydrogen-bond donors (Lipinski definition) is 1. The van der Waals surface area contributed by atoms with Gasteiger partial charge in [0, 0.05) is 16.2 Å². The fourth-order valence-electron chi connectivity index (χ4n) is 2.74. The van der Waals surface area contributed by atoms with Crippen LogP contribution in [0.5, 0.6) is 0 Å². The first-order chi connectivity index (χ1) is 14.1. The SMILES string of the molecule is O=[N+]([O-])c1ccn(-c2cc(-c3nc(-c4nc5ccc(Br)cc5[nH]4)no3)ccn2)n1. The van der Waals surface area contributed by atoms with Gasteiger partial charge in [0.15, 0.2) is 11.6 Å². The van der Waals surface area contributed by atoms with E-state index < -0.39 is 4.92 Å². The predicted octanol–water partition coefficient (Wildman–Crippen LogP) is 3.53. The van der Waals surface area contributed by atoms with Gasteiger partial charge in [0.2, 0.25) is 5.82 Å². The maximum Gasteiger partial charge on any atom is 0.390 e. The third-order valence-corrected chi connectivity index (χ3v) is 4.56. The Bertz CT molecular complexity index is 1370. The number of imidazole rings is 1. The smallest absolute Gasteiger partial charge is 0.358 e. The number of halogens is 1. The predicted molar refractivity (Wildman–Crippen MR) is 104 cm³/mol. The Morgan fingerprint density at radius 3 is 2.90 bits per heavy atom. The first-order valence-electron chi connectivity index (χ1n) is 8.23. The molecule has 4 aromatic heterocycles. The van der Waals surface area contributed by atoms with Crippen LogP contribution in [0.3, 0.4) is 0 Å². The van der Waals surface area contributed by atoms with E-state index >= 15 is 0 Å². The van der Waals surface area contributed by atoms with Gasteiger partial charge in [-0.3, -0.25) is 0 Å². The van der Waals surface area contributed by atoms with E-state index in [0.717, 1.165) is 15.5 Å². The monoisotopic (exact) mass is 452 g/mol. The first-order valence-corrected chi connectivity index (χ1v) is 9.02. The minimum atomic E-state index is -0.573. The normalized spacial score (nSPS) is 11.2. The second-order valence-corrected chi connectivity index (χ2v) is 6.86. The van der Waals surface area contributed by atoms with Crippen molar-refractivity contribution in [2.75, 3.05) is 0 Å². The molecule has 0 saturated heterocycles. The van der Waals surface area contributed by atoms with Gasteiger partial charge >= 0.3 is 5.82 Å². The van der Waals surface area contributed by atoms with Crippen molar-refractivity contribution in [1.29, 1.82) is 0 Å². The average molecular weight is 453 g/mol. The highest BCUT2D eigenvalue weighted by Crippen LogP contribution is 2.25. The maximum atomic E-state index is 10.8. The Kier molecular flexibility index (Phi) is 3.91. The van der Waals surface area contributed by atoms with E-state index in [-0.39, 0.29) is 11.7 Å². The summed E-state index contributed by atoms with van der Waals surface area (Å²) >= 11 is 3.42. The van der Waals surface area contributed by atoms with Gasteiger partial charge in [-0.1, -0.05) is 21.1 Å². The molecule has 0 bridgehead atoms. The second kappa shape index (κ2) is 6.60. The standard InChI is InChI=1S/C17H9BrN8O3/c18-10-1-2-11-12(8-10)21-15(20-11)16-22-17(29-24-16)9-3-5-19-14(7-9)25-6-4-13(23-25)26(27)28/h1-8H,(H,20,21). The Morgan fingerprint density at radius 2 is 2.07 bits per heavy atom. The van der Waals surface area contributed by atoms with Crippen LogP contribution in [0.25, 0.3) is 40.0 Å². The topological polar surface area (TPSA) is 141 Å². The fraction of sp³-hybridized carbons (Fsp3) is 0. The van der Waals surface area contributed by atoms with Crippen molar-refractivity contribution < 1.29 is 9.45 Å². The van der Waals surface area contributed by atoms with Gasteiger partial charge in [-0.2, -0.15) is 4.98 Å². The zero-order chi connectivity index (χ0) is 20.0. The Morgan fingerprint density at radius 1 is 1.17 bits per heavy atom. The molecule has 0 unspecified atom stereocenters. The molecule has 12 heteroatoms. The van der Waals surface area contributed by atoms with Crippen LogP contribution in [0.15, 0.2) is 57.8 Å². The summed E-state index contributed by atoms with van der Waals surface area (Å²) in [7, 11) is 0. The lowest BCUT2D eigenvalue weighted by atomic mass is 10.2. The summed E-state index contributed by atoms with van der Waals surface area (Å²) in [6, 6.07) is 10.3. The van der Waals surface area contributed by atoms with Crippen LogP contribution in [0.2, 0.25) is 0 Å². The summed E-state index contributed by atoms with van der Waals surface area (Å²) in [4.78, 5) is 26.4. The fourth-order valence-corrected chi connectivity index (χ4v) is 3.10. The van der Waals surface area contributed by atoms with Crippen molar-refractivity contribution in [3.05, 3.63) is 63.4 Å². The molecule has 11 nitrogen and oxygen atoms in total. The highest BCUT2D eigenvalue weighted by atomic mass is 79.9. The number of nitrogens with zero attached hydrogens (tertiary/aromatic N) is 7. The minimum absolute atomic E-state index is 0.256. The molecule has 142 valence electrons. The molecule has 0 aliphatic heterocycles. The number of H-pyrrole nitrogens is 1. The molecule has 0 saturated carbocycles. The second-order valence-electron chi connectivity index (χ2n) is 5.95. The first kappa shape index (κ1) is 17.2. The Labute approximate surface area is 169 Å². The van der Waals surface area contributed by atoms with E-state index in [1.807, 2.05) is 18.2 Å². The maximum absolute atomic E-state index is 10.8. The number of nitrogens with one attached hydrogen (secondary N) is 1. The zero-order valence-electron chi connectivity index (χ0n) is 14.4. The lowest BCUT2D eigenvalue weighted by Crippen LogP contribution is -1.99. The van der Waals surface area contributed by atoms with Crippen LogP contribution in [-0.4, -0.2) is 39.8 Å².